The third kappa shape index (κ3) is 6.01. The minimum Gasteiger partial charge on any atom is -0.378 e. The Morgan fingerprint density at radius 2 is 1.10 bits per heavy atom. The van der Waals surface area contributed by atoms with Gasteiger partial charge in [0.2, 0.25) is 11.8 Å². The summed E-state index contributed by atoms with van der Waals surface area (Å²) in [6.07, 6.45) is 10.7. The van der Waals surface area contributed by atoms with Crippen molar-refractivity contribution in [3.8, 4) is 0 Å². The normalized spacial score (nSPS) is 33.2. The summed E-state index contributed by atoms with van der Waals surface area (Å²) in [5.41, 5.74) is 0. The Morgan fingerprint density at radius 1 is 0.710 bits per heavy atom. The fraction of sp³-hybridized carbons (Fsp3) is 0.920. The highest BCUT2D eigenvalue weighted by atomic mass is 16.5. The largest absolute Gasteiger partial charge is 0.378 e. The van der Waals surface area contributed by atoms with Gasteiger partial charge >= 0.3 is 0 Å². The smallest absolute Gasteiger partial charge is 0.228 e. The van der Waals surface area contributed by atoms with Crippen LogP contribution in [-0.4, -0.2) is 73.2 Å². The molecule has 2 amide bonds. The van der Waals surface area contributed by atoms with Crippen LogP contribution in [0.25, 0.3) is 0 Å². The number of piperidine rings is 2. The van der Waals surface area contributed by atoms with Crippen LogP contribution >= 0.6 is 0 Å². The Balaban J connectivity index is 1.08. The predicted molar refractivity (Wildman–Crippen MR) is 120 cm³/mol. The first-order chi connectivity index (χ1) is 15.0. The van der Waals surface area contributed by atoms with Crippen molar-refractivity contribution in [2.45, 2.75) is 83.8 Å². The van der Waals surface area contributed by atoms with Crippen LogP contribution in [-0.2, 0) is 19.1 Å². The molecule has 0 saturated carbocycles. The van der Waals surface area contributed by atoms with E-state index in [1.54, 1.807) is 0 Å². The van der Waals surface area contributed by atoms with Gasteiger partial charge in [-0.3, -0.25) is 9.59 Å². The summed E-state index contributed by atoms with van der Waals surface area (Å²) in [6.45, 7) is 9.06. The lowest BCUT2D eigenvalue weighted by molar-refractivity contribution is -0.137. The Morgan fingerprint density at radius 3 is 1.42 bits per heavy atom. The SMILES string of the molecule is CC1CC(C(=O)N2CCC(CCCC3CCN(C(=O)C4COC(C)C4)CC3)CC2)CO1. The van der Waals surface area contributed by atoms with Crippen LogP contribution in [0.2, 0.25) is 0 Å². The molecule has 4 atom stereocenters. The Bertz CT molecular complexity index is 559. The summed E-state index contributed by atoms with van der Waals surface area (Å²) in [5.74, 6) is 2.37. The summed E-state index contributed by atoms with van der Waals surface area (Å²) in [6, 6.07) is 0. The van der Waals surface area contributed by atoms with Crippen LogP contribution in [0.1, 0.15) is 71.6 Å². The molecule has 4 saturated heterocycles. The summed E-state index contributed by atoms with van der Waals surface area (Å²) >= 11 is 0. The molecule has 0 N–H and O–H groups in total. The van der Waals surface area contributed by atoms with Crippen LogP contribution < -0.4 is 0 Å². The number of rotatable bonds is 6. The maximum atomic E-state index is 12.7. The molecule has 4 aliphatic rings. The molecule has 31 heavy (non-hydrogen) atoms. The van der Waals surface area contributed by atoms with E-state index in [0.717, 1.165) is 76.5 Å². The highest BCUT2D eigenvalue weighted by molar-refractivity contribution is 5.79. The van der Waals surface area contributed by atoms with Gasteiger partial charge < -0.3 is 19.3 Å². The Kier molecular flexibility index (Phi) is 7.91. The molecule has 4 fully saturated rings. The number of hydrogen-bond acceptors (Lipinski definition) is 4. The molecule has 4 aliphatic heterocycles. The molecule has 0 aromatic rings. The van der Waals surface area contributed by atoms with Crippen LogP contribution in [0, 0.1) is 23.7 Å². The van der Waals surface area contributed by atoms with Gasteiger partial charge in [0.15, 0.2) is 0 Å². The number of amides is 2. The molecule has 0 radical (unpaired) electrons. The molecule has 0 spiro atoms. The van der Waals surface area contributed by atoms with Crippen LogP contribution in [0.15, 0.2) is 0 Å². The average Bonchev–Trinajstić information content (AvgIpc) is 3.42. The van der Waals surface area contributed by atoms with E-state index in [2.05, 4.69) is 23.6 Å². The number of likely N-dealkylation sites (tertiary alicyclic amines) is 2. The summed E-state index contributed by atoms with van der Waals surface area (Å²) < 4.78 is 11.2. The molecule has 0 aliphatic carbocycles. The third-order valence-electron chi connectivity index (χ3n) is 8.17. The van der Waals surface area contributed by atoms with Gasteiger partial charge in [-0.15, -0.1) is 0 Å². The number of carbonyl (C=O) groups excluding carboxylic acids is 2. The standard InChI is InChI=1S/C25H42N2O4/c1-18-14-22(16-30-18)24(28)26-10-6-20(7-11-26)4-3-5-21-8-12-27(13-9-21)25(29)23-15-19(2)31-17-23/h18-23H,3-17H2,1-2H3. The van der Waals surface area contributed by atoms with Crippen molar-refractivity contribution in [3.05, 3.63) is 0 Å². The molecule has 4 unspecified atom stereocenters. The lowest BCUT2D eigenvalue weighted by Gasteiger charge is -2.35. The van der Waals surface area contributed by atoms with Crippen LogP contribution in [0.3, 0.4) is 0 Å². The average molecular weight is 435 g/mol. The van der Waals surface area contributed by atoms with Crippen LogP contribution in [0.5, 0.6) is 0 Å². The van der Waals surface area contributed by atoms with Crippen molar-refractivity contribution >= 4 is 11.8 Å². The van der Waals surface area contributed by atoms with Gasteiger partial charge in [-0.05, 0) is 64.2 Å². The van der Waals surface area contributed by atoms with Gasteiger partial charge in [-0.2, -0.15) is 0 Å². The maximum Gasteiger partial charge on any atom is 0.228 e. The first-order valence-electron chi connectivity index (χ1n) is 12.8. The van der Waals surface area contributed by atoms with Crippen molar-refractivity contribution in [1.82, 2.24) is 9.80 Å². The van der Waals surface area contributed by atoms with Crippen molar-refractivity contribution in [2.75, 3.05) is 39.4 Å². The van der Waals surface area contributed by atoms with Crippen molar-refractivity contribution in [2.24, 2.45) is 23.7 Å². The van der Waals surface area contributed by atoms with Gasteiger partial charge in [0, 0.05) is 26.2 Å². The monoisotopic (exact) mass is 434 g/mol. The van der Waals surface area contributed by atoms with Gasteiger partial charge in [0.1, 0.15) is 0 Å². The molecule has 4 heterocycles. The quantitative estimate of drug-likeness (QED) is 0.642. The van der Waals surface area contributed by atoms with E-state index >= 15 is 0 Å². The molecule has 0 aromatic heterocycles. The maximum absolute atomic E-state index is 12.7. The van der Waals surface area contributed by atoms with E-state index in [-0.39, 0.29) is 24.0 Å². The molecular weight excluding hydrogens is 392 g/mol. The summed E-state index contributed by atoms with van der Waals surface area (Å²) in [4.78, 5) is 29.5. The van der Waals surface area contributed by atoms with Crippen molar-refractivity contribution in [1.29, 1.82) is 0 Å². The zero-order valence-electron chi connectivity index (χ0n) is 19.6. The van der Waals surface area contributed by atoms with Gasteiger partial charge in [-0.1, -0.05) is 19.3 Å². The number of hydrogen-bond donors (Lipinski definition) is 0. The molecule has 6 heteroatoms. The zero-order valence-corrected chi connectivity index (χ0v) is 19.6. The minimum atomic E-state index is 0.0916. The summed E-state index contributed by atoms with van der Waals surface area (Å²) in [5, 5.41) is 0. The van der Waals surface area contributed by atoms with E-state index in [4.69, 9.17) is 9.47 Å². The van der Waals surface area contributed by atoms with Gasteiger partial charge in [0.25, 0.3) is 0 Å². The van der Waals surface area contributed by atoms with E-state index in [0.29, 0.717) is 25.0 Å². The lowest BCUT2D eigenvalue weighted by Crippen LogP contribution is -2.42. The molecular formula is C25H42N2O4. The zero-order chi connectivity index (χ0) is 21.8. The second-order valence-electron chi connectivity index (χ2n) is 10.6. The van der Waals surface area contributed by atoms with Crippen molar-refractivity contribution in [3.63, 3.8) is 0 Å². The number of carbonyl (C=O) groups is 2. The lowest BCUT2D eigenvalue weighted by atomic mass is 9.86. The fourth-order valence-electron chi connectivity index (χ4n) is 6.07. The molecule has 0 bridgehead atoms. The second-order valence-corrected chi connectivity index (χ2v) is 10.6. The van der Waals surface area contributed by atoms with E-state index in [1.165, 1.54) is 19.3 Å². The number of nitrogens with zero attached hydrogens (tertiary/aromatic N) is 2. The number of ether oxygens (including phenoxy) is 2. The van der Waals surface area contributed by atoms with E-state index in [9.17, 15) is 9.59 Å². The van der Waals surface area contributed by atoms with E-state index < -0.39 is 0 Å². The predicted octanol–water partition coefficient (Wildman–Crippen LogP) is 3.48. The van der Waals surface area contributed by atoms with Gasteiger partial charge in [-0.25, -0.2) is 0 Å². The molecule has 0 aromatic carbocycles. The van der Waals surface area contributed by atoms with E-state index in [1.807, 2.05) is 0 Å². The fourth-order valence-corrected chi connectivity index (χ4v) is 6.07. The van der Waals surface area contributed by atoms with Crippen LogP contribution in [0.4, 0.5) is 0 Å². The topological polar surface area (TPSA) is 59.1 Å². The molecule has 6 nitrogen and oxygen atoms in total. The molecule has 176 valence electrons. The van der Waals surface area contributed by atoms with Gasteiger partial charge in [0.05, 0.1) is 37.3 Å². The molecule has 4 rings (SSSR count). The summed E-state index contributed by atoms with van der Waals surface area (Å²) in [7, 11) is 0. The Labute approximate surface area is 188 Å². The minimum absolute atomic E-state index is 0.0916. The third-order valence-corrected chi connectivity index (χ3v) is 8.17. The first-order valence-corrected chi connectivity index (χ1v) is 12.8. The highest BCUT2D eigenvalue weighted by Crippen LogP contribution is 2.30. The van der Waals surface area contributed by atoms with Crippen molar-refractivity contribution < 1.29 is 19.1 Å². The second kappa shape index (κ2) is 10.7. The first kappa shape index (κ1) is 23.0. The Hall–Kier alpha value is -1.14. The highest BCUT2D eigenvalue weighted by Gasteiger charge is 2.34.